The number of nitro groups is 1. The number of rotatable bonds is 5. The van der Waals surface area contributed by atoms with Crippen molar-refractivity contribution < 1.29 is 13.3 Å². The summed E-state index contributed by atoms with van der Waals surface area (Å²) in [6, 6.07) is 13.2. The molecule has 7 heteroatoms. The second-order valence-corrected chi connectivity index (χ2v) is 7.66. The molecule has 1 atom stereocenters. The Balaban J connectivity index is 1.77. The largest absolute Gasteiger partial charge is 0.270 e. The van der Waals surface area contributed by atoms with Crippen LogP contribution >= 0.6 is 0 Å². The second kappa shape index (κ2) is 6.70. The number of sulfonamides is 1. The van der Waals surface area contributed by atoms with Gasteiger partial charge in [-0.3, -0.25) is 10.1 Å². The minimum absolute atomic E-state index is 0.0826. The van der Waals surface area contributed by atoms with Gasteiger partial charge in [-0.05, 0) is 42.4 Å². The topological polar surface area (TPSA) is 89.3 Å². The first kappa shape index (κ1) is 16.6. The third-order valence-electron chi connectivity index (χ3n) is 4.35. The molecule has 1 unspecified atom stereocenters. The van der Waals surface area contributed by atoms with Crippen LogP contribution in [0.5, 0.6) is 0 Å². The van der Waals surface area contributed by atoms with E-state index in [1.807, 2.05) is 18.2 Å². The zero-order valence-corrected chi connectivity index (χ0v) is 13.8. The molecular weight excluding hydrogens is 328 g/mol. The molecule has 0 fully saturated rings. The Morgan fingerprint density at radius 3 is 2.75 bits per heavy atom. The van der Waals surface area contributed by atoms with Crippen LogP contribution in [0.4, 0.5) is 5.69 Å². The van der Waals surface area contributed by atoms with Crippen LogP contribution in [0.1, 0.15) is 29.9 Å². The van der Waals surface area contributed by atoms with Crippen molar-refractivity contribution in [2.45, 2.75) is 30.1 Å². The van der Waals surface area contributed by atoms with Crippen LogP contribution in [0.25, 0.3) is 0 Å². The van der Waals surface area contributed by atoms with Gasteiger partial charge in [0, 0.05) is 18.7 Å². The summed E-state index contributed by atoms with van der Waals surface area (Å²) in [5.74, 6) is 0.128. The van der Waals surface area contributed by atoms with E-state index in [0.717, 1.165) is 25.3 Å². The van der Waals surface area contributed by atoms with Crippen molar-refractivity contribution in [2.24, 2.45) is 0 Å². The highest BCUT2D eigenvalue weighted by Gasteiger charge is 2.23. The highest BCUT2D eigenvalue weighted by Crippen LogP contribution is 2.31. The van der Waals surface area contributed by atoms with Crippen molar-refractivity contribution in [3.8, 4) is 0 Å². The van der Waals surface area contributed by atoms with Gasteiger partial charge in [-0.25, -0.2) is 13.1 Å². The van der Waals surface area contributed by atoms with Gasteiger partial charge in [0.05, 0.1) is 9.82 Å². The molecule has 0 saturated carbocycles. The molecule has 1 aliphatic rings. The standard InChI is InChI=1S/C17H18N2O4S/c20-19(21)15-8-4-9-16(11-15)24(22,23)18-12-14-7-3-6-13-5-1-2-10-17(13)14/h1-2,4-5,8-11,14,18H,3,6-7,12H2. The van der Waals surface area contributed by atoms with Crippen LogP contribution in [-0.2, 0) is 16.4 Å². The Labute approximate surface area is 140 Å². The average Bonchev–Trinajstić information content (AvgIpc) is 2.60. The summed E-state index contributed by atoms with van der Waals surface area (Å²) in [5, 5.41) is 10.8. The Bertz CT molecular complexity index is 864. The van der Waals surface area contributed by atoms with Crippen LogP contribution in [0.3, 0.4) is 0 Å². The fourth-order valence-electron chi connectivity index (χ4n) is 3.12. The fourth-order valence-corrected chi connectivity index (χ4v) is 4.25. The van der Waals surface area contributed by atoms with Gasteiger partial charge >= 0.3 is 0 Å². The predicted octanol–water partition coefficient (Wildman–Crippen LogP) is 2.99. The Kier molecular flexibility index (Phi) is 4.64. The van der Waals surface area contributed by atoms with E-state index in [-0.39, 0.29) is 16.5 Å². The molecule has 3 rings (SSSR count). The molecule has 0 amide bonds. The lowest BCUT2D eigenvalue weighted by molar-refractivity contribution is -0.385. The first-order valence-corrected chi connectivity index (χ1v) is 9.27. The molecule has 0 aromatic heterocycles. The first-order chi connectivity index (χ1) is 11.5. The summed E-state index contributed by atoms with van der Waals surface area (Å²) >= 11 is 0. The van der Waals surface area contributed by atoms with E-state index in [1.54, 1.807) is 0 Å². The van der Waals surface area contributed by atoms with Crippen molar-refractivity contribution in [1.29, 1.82) is 0 Å². The number of nitrogens with one attached hydrogen (secondary N) is 1. The van der Waals surface area contributed by atoms with Gasteiger partial charge in [0.1, 0.15) is 0 Å². The molecule has 1 N–H and O–H groups in total. The molecule has 0 radical (unpaired) electrons. The van der Waals surface area contributed by atoms with Crippen molar-refractivity contribution in [1.82, 2.24) is 4.72 Å². The zero-order valence-electron chi connectivity index (χ0n) is 13.0. The number of nitro benzene ring substituents is 1. The van der Waals surface area contributed by atoms with E-state index in [9.17, 15) is 18.5 Å². The van der Waals surface area contributed by atoms with Crippen LogP contribution in [-0.4, -0.2) is 19.9 Å². The van der Waals surface area contributed by atoms with Crippen LogP contribution in [0.2, 0.25) is 0 Å². The lowest BCUT2D eigenvalue weighted by atomic mass is 9.83. The molecule has 1 aliphatic carbocycles. The molecule has 0 heterocycles. The number of hydrogen-bond acceptors (Lipinski definition) is 4. The number of fused-ring (bicyclic) bond motifs is 1. The predicted molar refractivity (Wildman–Crippen MR) is 90.4 cm³/mol. The summed E-state index contributed by atoms with van der Waals surface area (Å²) in [4.78, 5) is 10.1. The molecule has 6 nitrogen and oxygen atoms in total. The van der Waals surface area contributed by atoms with Crippen molar-refractivity contribution >= 4 is 15.7 Å². The molecular formula is C17H18N2O4S. The Hall–Kier alpha value is -2.25. The van der Waals surface area contributed by atoms with E-state index in [4.69, 9.17) is 0 Å². The Morgan fingerprint density at radius 2 is 1.96 bits per heavy atom. The smallest absolute Gasteiger partial charge is 0.258 e. The lowest BCUT2D eigenvalue weighted by Crippen LogP contribution is -2.30. The molecule has 2 aromatic carbocycles. The number of benzene rings is 2. The molecule has 0 saturated heterocycles. The van der Waals surface area contributed by atoms with E-state index in [1.165, 1.54) is 29.3 Å². The van der Waals surface area contributed by atoms with Gasteiger partial charge in [0.15, 0.2) is 0 Å². The number of nitrogens with zero attached hydrogens (tertiary/aromatic N) is 1. The third kappa shape index (κ3) is 3.47. The highest BCUT2D eigenvalue weighted by molar-refractivity contribution is 7.89. The van der Waals surface area contributed by atoms with E-state index >= 15 is 0 Å². The van der Waals surface area contributed by atoms with Crippen LogP contribution < -0.4 is 4.72 Å². The van der Waals surface area contributed by atoms with Gasteiger partial charge in [0.2, 0.25) is 10.0 Å². The molecule has 24 heavy (non-hydrogen) atoms. The quantitative estimate of drug-likeness (QED) is 0.666. The lowest BCUT2D eigenvalue weighted by Gasteiger charge is -2.25. The normalized spacial score (nSPS) is 17.2. The summed E-state index contributed by atoms with van der Waals surface area (Å²) in [5.41, 5.74) is 2.22. The summed E-state index contributed by atoms with van der Waals surface area (Å²) in [6.07, 6.45) is 2.97. The minimum Gasteiger partial charge on any atom is -0.258 e. The summed E-state index contributed by atoms with van der Waals surface area (Å²) in [6.45, 7) is 0.294. The van der Waals surface area contributed by atoms with Crippen LogP contribution in [0.15, 0.2) is 53.4 Å². The average molecular weight is 346 g/mol. The fraction of sp³-hybridized carbons (Fsp3) is 0.294. The maximum absolute atomic E-state index is 12.4. The van der Waals surface area contributed by atoms with Crippen LogP contribution in [0, 0.1) is 10.1 Å². The van der Waals surface area contributed by atoms with Gasteiger partial charge in [-0.1, -0.05) is 30.3 Å². The maximum Gasteiger partial charge on any atom is 0.270 e. The van der Waals surface area contributed by atoms with Crippen molar-refractivity contribution in [3.05, 3.63) is 69.8 Å². The number of aryl methyl sites for hydroxylation is 1. The van der Waals surface area contributed by atoms with Crippen molar-refractivity contribution in [3.63, 3.8) is 0 Å². The highest BCUT2D eigenvalue weighted by atomic mass is 32.2. The SMILES string of the molecule is O=[N+]([O-])c1cccc(S(=O)(=O)NCC2CCCc3ccccc32)c1. The number of non-ortho nitro benzene ring substituents is 1. The second-order valence-electron chi connectivity index (χ2n) is 5.89. The Morgan fingerprint density at radius 1 is 1.17 bits per heavy atom. The molecule has 0 bridgehead atoms. The summed E-state index contributed by atoms with van der Waals surface area (Å²) in [7, 11) is -3.77. The van der Waals surface area contributed by atoms with Gasteiger partial charge in [-0.2, -0.15) is 0 Å². The molecule has 2 aromatic rings. The van der Waals surface area contributed by atoms with Crippen molar-refractivity contribution in [2.75, 3.05) is 6.54 Å². The maximum atomic E-state index is 12.4. The van der Waals surface area contributed by atoms with E-state index in [2.05, 4.69) is 10.8 Å². The first-order valence-electron chi connectivity index (χ1n) is 7.79. The van der Waals surface area contributed by atoms with Gasteiger partial charge in [0.25, 0.3) is 5.69 Å². The molecule has 0 aliphatic heterocycles. The van der Waals surface area contributed by atoms with Gasteiger partial charge < -0.3 is 0 Å². The molecule has 0 spiro atoms. The minimum atomic E-state index is -3.77. The van der Waals surface area contributed by atoms with E-state index in [0.29, 0.717) is 6.54 Å². The summed E-state index contributed by atoms with van der Waals surface area (Å²) < 4.78 is 27.5. The van der Waals surface area contributed by atoms with Gasteiger partial charge in [-0.15, -0.1) is 0 Å². The number of hydrogen-bond donors (Lipinski definition) is 1. The third-order valence-corrected chi connectivity index (χ3v) is 5.77. The zero-order chi connectivity index (χ0) is 17.2. The monoisotopic (exact) mass is 346 g/mol. The molecule has 126 valence electrons. The van der Waals surface area contributed by atoms with E-state index < -0.39 is 14.9 Å².